The summed E-state index contributed by atoms with van der Waals surface area (Å²) in [6, 6.07) is 4.88. The third kappa shape index (κ3) is 4.57. The van der Waals surface area contributed by atoms with Gasteiger partial charge < -0.3 is 10.1 Å². The van der Waals surface area contributed by atoms with Gasteiger partial charge in [0.2, 0.25) is 0 Å². The zero-order valence-electron chi connectivity index (χ0n) is 12.9. The Bertz CT molecular complexity index is 346. The van der Waals surface area contributed by atoms with Crippen molar-refractivity contribution >= 4 is 11.3 Å². The Balaban J connectivity index is 1.92. The van der Waals surface area contributed by atoms with Gasteiger partial charge in [-0.3, -0.25) is 0 Å². The Morgan fingerprint density at radius 3 is 2.75 bits per heavy atom. The molecule has 0 spiro atoms. The van der Waals surface area contributed by atoms with E-state index in [-0.39, 0.29) is 0 Å². The largest absolute Gasteiger partial charge is 0.377 e. The molecule has 114 valence electrons. The molecular weight excluding hydrogens is 266 g/mol. The van der Waals surface area contributed by atoms with Crippen LogP contribution in [0.1, 0.15) is 50.3 Å². The molecule has 0 bridgehead atoms. The zero-order valence-corrected chi connectivity index (χ0v) is 13.8. The second kappa shape index (κ2) is 8.81. The van der Waals surface area contributed by atoms with Crippen molar-refractivity contribution in [2.45, 2.75) is 64.0 Å². The smallest absolute Gasteiger partial charge is 0.0755 e. The summed E-state index contributed by atoms with van der Waals surface area (Å²) in [6.45, 7) is 2.96. The van der Waals surface area contributed by atoms with Crippen molar-refractivity contribution in [3.63, 3.8) is 0 Å². The Morgan fingerprint density at radius 2 is 2.15 bits per heavy atom. The van der Waals surface area contributed by atoms with Gasteiger partial charge in [-0.15, -0.1) is 11.3 Å². The van der Waals surface area contributed by atoms with Crippen LogP contribution in [-0.4, -0.2) is 25.8 Å². The summed E-state index contributed by atoms with van der Waals surface area (Å²) in [5.41, 5.74) is 0. The first-order chi connectivity index (χ1) is 9.85. The second-order valence-electron chi connectivity index (χ2n) is 5.83. The first kappa shape index (κ1) is 16.0. The maximum atomic E-state index is 6.15. The van der Waals surface area contributed by atoms with Crippen molar-refractivity contribution in [3.8, 4) is 0 Å². The number of hydrogen-bond donors (Lipinski definition) is 1. The van der Waals surface area contributed by atoms with Gasteiger partial charge in [0.25, 0.3) is 0 Å². The molecule has 1 saturated carbocycles. The SMILES string of the molecule is CCOC(C1CCCCC1)C(CCc1cccs1)NC. The standard InChI is InChI=1S/C17H29NOS/c1-3-19-17(14-8-5-4-6-9-14)16(18-2)12-11-15-10-7-13-20-15/h7,10,13-14,16-18H,3-6,8-9,11-12H2,1-2H3. The lowest BCUT2D eigenvalue weighted by Gasteiger charge is -2.35. The number of ether oxygens (including phenoxy) is 1. The molecule has 1 aliphatic carbocycles. The lowest BCUT2D eigenvalue weighted by atomic mass is 9.81. The van der Waals surface area contributed by atoms with Crippen molar-refractivity contribution in [1.29, 1.82) is 0 Å². The Labute approximate surface area is 127 Å². The van der Waals surface area contributed by atoms with Crippen LogP contribution in [0, 0.1) is 5.92 Å². The maximum absolute atomic E-state index is 6.15. The van der Waals surface area contributed by atoms with Crippen LogP contribution in [0.15, 0.2) is 17.5 Å². The summed E-state index contributed by atoms with van der Waals surface area (Å²) in [5, 5.41) is 5.70. The minimum absolute atomic E-state index is 0.394. The van der Waals surface area contributed by atoms with E-state index in [0.717, 1.165) is 12.5 Å². The van der Waals surface area contributed by atoms with E-state index < -0.39 is 0 Å². The van der Waals surface area contributed by atoms with Crippen molar-refractivity contribution in [3.05, 3.63) is 22.4 Å². The Hall–Kier alpha value is -0.380. The molecule has 2 rings (SSSR count). The molecule has 2 nitrogen and oxygen atoms in total. The molecule has 0 radical (unpaired) electrons. The number of thiophene rings is 1. The molecule has 2 unspecified atom stereocenters. The van der Waals surface area contributed by atoms with Crippen molar-refractivity contribution in [1.82, 2.24) is 5.32 Å². The minimum Gasteiger partial charge on any atom is -0.377 e. The van der Waals surface area contributed by atoms with E-state index in [1.165, 1.54) is 49.8 Å². The van der Waals surface area contributed by atoms with Crippen LogP contribution < -0.4 is 5.32 Å². The van der Waals surface area contributed by atoms with Gasteiger partial charge in [0.15, 0.2) is 0 Å². The molecule has 1 aliphatic rings. The highest BCUT2D eigenvalue weighted by Crippen LogP contribution is 2.30. The second-order valence-corrected chi connectivity index (χ2v) is 6.86. The predicted molar refractivity (Wildman–Crippen MR) is 87.5 cm³/mol. The van der Waals surface area contributed by atoms with Gasteiger partial charge >= 0.3 is 0 Å². The van der Waals surface area contributed by atoms with E-state index in [2.05, 4.69) is 36.8 Å². The van der Waals surface area contributed by atoms with E-state index in [1.54, 1.807) is 0 Å². The van der Waals surface area contributed by atoms with Crippen LogP contribution in [0.2, 0.25) is 0 Å². The number of nitrogens with one attached hydrogen (secondary N) is 1. The lowest BCUT2D eigenvalue weighted by Crippen LogP contribution is -2.45. The number of rotatable bonds is 8. The molecule has 2 atom stereocenters. The number of likely N-dealkylation sites (N-methyl/N-ethyl adjacent to an activating group) is 1. The Morgan fingerprint density at radius 1 is 1.35 bits per heavy atom. The van der Waals surface area contributed by atoms with E-state index >= 15 is 0 Å². The quantitative estimate of drug-likeness (QED) is 0.774. The van der Waals surface area contributed by atoms with Crippen LogP contribution in [0.5, 0.6) is 0 Å². The van der Waals surface area contributed by atoms with Crippen LogP contribution in [0.4, 0.5) is 0 Å². The molecule has 1 N–H and O–H groups in total. The molecule has 1 aromatic heterocycles. The molecule has 0 amide bonds. The minimum atomic E-state index is 0.394. The highest BCUT2D eigenvalue weighted by Gasteiger charge is 2.30. The maximum Gasteiger partial charge on any atom is 0.0755 e. The molecule has 0 saturated heterocycles. The molecule has 0 aromatic carbocycles. The van der Waals surface area contributed by atoms with Crippen LogP contribution in [0.25, 0.3) is 0 Å². The lowest BCUT2D eigenvalue weighted by molar-refractivity contribution is -0.0176. The van der Waals surface area contributed by atoms with E-state index in [0.29, 0.717) is 12.1 Å². The van der Waals surface area contributed by atoms with Gasteiger partial charge in [0.05, 0.1) is 6.10 Å². The van der Waals surface area contributed by atoms with Gasteiger partial charge in [-0.1, -0.05) is 25.3 Å². The van der Waals surface area contributed by atoms with Gasteiger partial charge in [0.1, 0.15) is 0 Å². The molecule has 1 heterocycles. The number of hydrogen-bond acceptors (Lipinski definition) is 3. The molecule has 1 fully saturated rings. The summed E-state index contributed by atoms with van der Waals surface area (Å²) < 4.78 is 6.15. The fraction of sp³-hybridized carbons (Fsp3) is 0.765. The zero-order chi connectivity index (χ0) is 14.2. The van der Waals surface area contributed by atoms with Gasteiger partial charge in [-0.25, -0.2) is 0 Å². The van der Waals surface area contributed by atoms with E-state index in [1.807, 2.05) is 11.3 Å². The molecular formula is C17H29NOS. The highest BCUT2D eigenvalue weighted by molar-refractivity contribution is 7.09. The normalized spacial score (nSPS) is 19.9. The van der Waals surface area contributed by atoms with Crippen LogP contribution in [0.3, 0.4) is 0 Å². The van der Waals surface area contributed by atoms with Gasteiger partial charge in [0, 0.05) is 17.5 Å². The summed E-state index contributed by atoms with van der Waals surface area (Å²) in [6.07, 6.45) is 9.62. The van der Waals surface area contributed by atoms with Gasteiger partial charge in [-0.05, 0) is 57.0 Å². The third-order valence-electron chi connectivity index (χ3n) is 4.52. The molecule has 20 heavy (non-hydrogen) atoms. The van der Waals surface area contributed by atoms with Crippen molar-refractivity contribution in [2.24, 2.45) is 5.92 Å². The molecule has 3 heteroatoms. The highest BCUT2D eigenvalue weighted by atomic mass is 32.1. The van der Waals surface area contributed by atoms with Crippen molar-refractivity contribution in [2.75, 3.05) is 13.7 Å². The van der Waals surface area contributed by atoms with Gasteiger partial charge in [-0.2, -0.15) is 0 Å². The predicted octanol–water partition coefficient (Wildman–Crippen LogP) is 4.25. The first-order valence-electron chi connectivity index (χ1n) is 8.16. The van der Waals surface area contributed by atoms with Crippen molar-refractivity contribution < 1.29 is 4.74 Å². The summed E-state index contributed by atoms with van der Waals surface area (Å²) in [7, 11) is 2.09. The number of aryl methyl sites for hydroxylation is 1. The van der Waals surface area contributed by atoms with Crippen LogP contribution >= 0.6 is 11.3 Å². The van der Waals surface area contributed by atoms with E-state index in [9.17, 15) is 0 Å². The fourth-order valence-corrected chi connectivity index (χ4v) is 4.19. The van der Waals surface area contributed by atoms with Crippen LogP contribution in [-0.2, 0) is 11.2 Å². The first-order valence-corrected chi connectivity index (χ1v) is 9.04. The molecule has 1 aromatic rings. The summed E-state index contributed by atoms with van der Waals surface area (Å²) in [5.74, 6) is 0.754. The monoisotopic (exact) mass is 295 g/mol. The topological polar surface area (TPSA) is 21.3 Å². The average molecular weight is 295 g/mol. The Kier molecular flexibility index (Phi) is 7.05. The average Bonchev–Trinajstić information content (AvgIpc) is 3.01. The summed E-state index contributed by atoms with van der Waals surface area (Å²) >= 11 is 1.87. The fourth-order valence-electron chi connectivity index (χ4n) is 3.46. The summed E-state index contributed by atoms with van der Waals surface area (Å²) in [4.78, 5) is 1.49. The van der Waals surface area contributed by atoms with E-state index in [4.69, 9.17) is 4.74 Å². The third-order valence-corrected chi connectivity index (χ3v) is 5.46. The molecule has 0 aliphatic heterocycles.